The molecule has 16 heavy (non-hydrogen) atoms. The molecule has 0 fully saturated rings. The second-order valence-electron chi connectivity index (χ2n) is 3.23. The molecular formula is C10H9NO5. The maximum atomic E-state index is 11.5. The van der Waals surface area contributed by atoms with Crippen LogP contribution < -0.4 is 0 Å². The number of aliphatic carboxylic acids is 1. The van der Waals surface area contributed by atoms with Gasteiger partial charge in [-0.05, 0) is 19.1 Å². The van der Waals surface area contributed by atoms with Crippen molar-refractivity contribution in [2.75, 3.05) is 0 Å². The maximum absolute atomic E-state index is 11.5. The SMILES string of the molecule is CC(C(=O)O)C(=O)c1ccc([N+](=O)[O-])cc1. The normalized spacial score (nSPS) is 11.8. The van der Waals surface area contributed by atoms with E-state index in [2.05, 4.69) is 0 Å². The predicted octanol–water partition coefficient (Wildman–Crippen LogP) is 1.50. The third-order valence-electron chi connectivity index (χ3n) is 2.13. The summed E-state index contributed by atoms with van der Waals surface area (Å²) in [6.07, 6.45) is 0. The van der Waals surface area contributed by atoms with E-state index in [9.17, 15) is 19.7 Å². The van der Waals surface area contributed by atoms with E-state index in [1.165, 1.54) is 31.2 Å². The van der Waals surface area contributed by atoms with Crippen LogP contribution in [0.4, 0.5) is 5.69 Å². The molecule has 0 aromatic heterocycles. The van der Waals surface area contributed by atoms with Gasteiger partial charge in [0, 0.05) is 17.7 Å². The Morgan fingerprint density at radius 3 is 2.19 bits per heavy atom. The number of Topliss-reactive ketones (excluding diaryl/α,β-unsaturated/α-hetero) is 1. The maximum Gasteiger partial charge on any atom is 0.314 e. The Morgan fingerprint density at radius 1 is 1.31 bits per heavy atom. The van der Waals surface area contributed by atoms with Gasteiger partial charge in [-0.2, -0.15) is 0 Å². The number of nitro groups is 1. The lowest BCUT2D eigenvalue weighted by Gasteiger charge is -2.04. The van der Waals surface area contributed by atoms with Gasteiger partial charge in [0.15, 0.2) is 5.78 Å². The molecule has 6 nitrogen and oxygen atoms in total. The van der Waals surface area contributed by atoms with E-state index in [1.807, 2.05) is 0 Å². The minimum atomic E-state index is -1.22. The summed E-state index contributed by atoms with van der Waals surface area (Å²) in [6, 6.07) is 4.84. The second kappa shape index (κ2) is 4.52. The van der Waals surface area contributed by atoms with Crippen LogP contribution in [0, 0.1) is 16.0 Å². The number of non-ortho nitro benzene ring substituents is 1. The molecular weight excluding hydrogens is 214 g/mol. The molecule has 1 unspecified atom stereocenters. The monoisotopic (exact) mass is 223 g/mol. The smallest absolute Gasteiger partial charge is 0.314 e. The Bertz CT molecular complexity index is 437. The second-order valence-corrected chi connectivity index (χ2v) is 3.23. The number of rotatable bonds is 4. The summed E-state index contributed by atoms with van der Waals surface area (Å²) >= 11 is 0. The molecule has 0 aliphatic carbocycles. The Hall–Kier alpha value is -2.24. The van der Waals surface area contributed by atoms with Gasteiger partial charge in [-0.25, -0.2) is 0 Å². The molecule has 6 heteroatoms. The number of carbonyl (C=O) groups is 2. The summed E-state index contributed by atoms with van der Waals surface area (Å²) < 4.78 is 0. The Morgan fingerprint density at radius 2 is 1.81 bits per heavy atom. The van der Waals surface area contributed by atoms with Crippen LogP contribution in [0.5, 0.6) is 0 Å². The number of carboxylic acid groups (broad SMARTS) is 1. The quantitative estimate of drug-likeness (QED) is 0.361. The third-order valence-corrected chi connectivity index (χ3v) is 2.13. The van der Waals surface area contributed by atoms with Gasteiger partial charge >= 0.3 is 5.97 Å². The summed E-state index contributed by atoms with van der Waals surface area (Å²) in [5.41, 5.74) is 0.0139. The molecule has 0 saturated carbocycles. The first kappa shape index (κ1) is 11.8. The number of carbonyl (C=O) groups excluding carboxylic acids is 1. The van der Waals surface area contributed by atoms with Crippen LogP contribution in [-0.4, -0.2) is 21.8 Å². The summed E-state index contributed by atoms with van der Waals surface area (Å²) in [4.78, 5) is 31.8. The van der Waals surface area contributed by atoms with Crippen molar-refractivity contribution in [3.8, 4) is 0 Å². The van der Waals surface area contributed by atoms with Gasteiger partial charge < -0.3 is 5.11 Å². The van der Waals surface area contributed by atoms with Crippen LogP contribution in [-0.2, 0) is 4.79 Å². The van der Waals surface area contributed by atoms with Crippen molar-refractivity contribution >= 4 is 17.4 Å². The lowest BCUT2D eigenvalue weighted by Crippen LogP contribution is -2.20. The number of hydrogen-bond donors (Lipinski definition) is 1. The van der Waals surface area contributed by atoms with E-state index >= 15 is 0 Å². The average Bonchev–Trinajstić information content (AvgIpc) is 2.27. The highest BCUT2D eigenvalue weighted by atomic mass is 16.6. The number of benzene rings is 1. The van der Waals surface area contributed by atoms with Crippen LogP contribution >= 0.6 is 0 Å². The summed E-state index contributed by atoms with van der Waals surface area (Å²) in [6.45, 7) is 1.27. The van der Waals surface area contributed by atoms with Crippen molar-refractivity contribution in [2.24, 2.45) is 5.92 Å². The number of carboxylic acids is 1. The molecule has 0 heterocycles. The fourth-order valence-electron chi connectivity index (χ4n) is 1.11. The van der Waals surface area contributed by atoms with Gasteiger partial charge in [0.2, 0.25) is 0 Å². The molecule has 0 amide bonds. The highest BCUT2D eigenvalue weighted by Crippen LogP contribution is 2.15. The number of ketones is 1. The van der Waals surface area contributed by atoms with E-state index in [0.29, 0.717) is 0 Å². The Balaban J connectivity index is 2.94. The molecule has 1 aromatic carbocycles. The van der Waals surface area contributed by atoms with Gasteiger partial charge in [0.25, 0.3) is 5.69 Å². The zero-order valence-electron chi connectivity index (χ0n) is 8.41. The minimum absolute atomic E-state index is 0.139. The van der Waals surface area contributed by atoms with Crippen LogP contribution in [0.1, 0.15) is 17.3 Å². The van der Waals surface area contributed by atoms with Crippen molar-refractivity contribution in [1.82, 2.24) is 0 Å². The molecule has 1 aromatic rings. The van der Waals surface area contributed by atoms with Crippen LogP contribution in [0.2, 0.25) is 0 Å². The molecule has 84 valence electrons. The average molecular weight is 223 g/mol. The molecule has 1 rings (SSSR count). The first-order valence-corrected chi connectivity index (χ1v) is 4.45. The van der Waals surface area contributed by atoms with Gasteiger partial charge in [0.05, 0.1) is 4.92 Å². The summed E-state index contributed by atoms with van der Waals surface area (Å²) in [5, 5.41) is 19.0. The fourth-order valence-corrected chi connectivity index (χ4v) is 1.11. The molecule has 0 spiro atoms. The minimum Gasteiger partial charge on any atom is -0.481 e. The summed E-state index contributed by atoms with van der Waals surface area (Å²) in [7, 11) is 0. The lowest BCUT2D eigenvalue weighted by atomic mass is 9.99. The number of nitrogens with zero attached hydrogens (tertiary/aromatic N) is 1. The van der Waals surface area contributed by atoms with Gasteiger partial charge in [-0.3, -0.25) is 19.7 Å². The van der Waals surface area contributed by atoms with E-state index in [-0.39, 0.29) is 11.3 Å². The fraction of sp³-hybridized carbons (Fsp3) is 0.200. The van der Waals surface area contributed by atoms with Crippen molar-refractivity contribution in [1.29, 1.82) is 0 Å². The number of nitro benzene ring substituents is 1. The first-order chi connectivity index (χ1) is 7.43. The molecule has 0 radical (unpaired) electrons. The van der Waals surface area contributed by atoms with Crippen molar-refractivity contribution in [2.45, 2.75) is 6.92 Å². The van der Waals surface area contributed by atoms with E-state index < -0.39 is 22.6 Å². The van der Waals surface area contributed by atoms with Gasteiger partial charge in [0.1, 0.15) is 5.92 Å². The van der Waals surface area contributed by atoms with Crippen molar-refractivity contribution in [3.63, 3.8) is 0 Å². The molecule has 0 aliphatic heterocycles. The van der Waals surface area contributed by atoms with Crippen molar-refractivity contribution in [3.05, 3.63) is 39.9 Å². The van der Waals surface area contributed by atoms with Crippen molar-refractivity contribution < 1.29 is 19.6 Å². The highest BCUT2D eigenvalue weighted by molar-refractivity contribution is 6.07. The third kappa shape index (κ3) is 2.41. The van der Waals surface area contributed by atoms with E-state index in [4.69, 9.17) is 5.11 Å². The van der Waals surface area contributed by atoms with Crippen LogP contribution in [0.25, 0.3) is 0 Å². The standard InChI is InChI=1S/C10H9NO5/c1-6(10(13)14)9(12)7-2-4-8(5-3-7)11(15)16/h2-6H,1H3,(H,13,14). The van der Waals surface area contributed by atoms with Crippen LogP contribution in [0.3, 0.4) is 0 Å². The topological polar surface area (TPSA) is 97.5 Å². The molecule has 1 N–H and O–H groups in total. The Kier molecular flexibility index (Phi) is 3.34. The van der Waals surface area contributed by atoms with Crippen LogP contribution in [0.15, 0.2) is 24.3 Å². The highest BCUT2D eigenvalue weighted by Gasteiger charge is 2.22. The Labute approximate surface area is 90.7 Å². The van der Waals surface area contributed by atoms with E-state index in [1.54, 1.807) is 0 Å². The van der Waals surface area contributed by atoms with Gasteiger partial charge in [-0.1, -0.05) is 0 Å². The zero-order valence-corrected chi connectivity index (χ0v) is 8.41. The number of hydrogen-bond acceptors (Lipinski definition) is 4. The van der Waals surface area contributed by atoms with E-state index in [0.717, 1.165) is 0 Å². The largest absolute Gasteiger partial charge is 0.481 e. The lowest BCUT2D eigenvalue weighted by molar-refractivity contribution is -0.384. The molecule has 1 atom stereocenters. The molecule has 0 aliphatic rings. The molecule has 0 saturated heterocycles. The predicted molar refractivity (Wildman–Crippen MR) is 54.2 cm³/mol. The summed E-state index contributed by atoms with van der Waals surface area (Å²) in [5.74, 6) is -2.94. The molecule has 0 bridgehead atoms. The first-order valence-electron chi connectivity index (χ1n) is 4.45. The van der Waals surface area contributed by atoms with Gasteiger partial charge in [-0.15, -0.1) is 0 Å². The zero-order chi connectivity index (χ0) is 12.3.